The zero-order valence-electron chi connectivity index (χ0n) is 15.0. The van der Waals surface area contributed by atoms with Crippen LogP contribution in [0.4, 0.5) is 11.6 Å². The zero-order chi connectivity index (χ0) is 18.5. The first kappa shape index (κ1) is 18.6. The molecule has 2 aromatic rings. The summed E-state index contributed by atoms with van der Waals surface area (Å²) < 4.78 is 6.51. The first-order chi connectivity index (χ1) is 12.5. The van der Waals surface area contributed by atoms with Crippen molar-refractivity contribution in [1.82, 2.24) is 9.97 Å². The number of nitrogens with zero attached hydrogens (tertiary/aromatic N) is 3. The maximum absolute atomic E-state index is 12.1. The minimum absolute atomic E-state index is 0.0984. The van der Waals surface area contributed by atoms with E-state index in [1.807, 2.05) is 31.2 Å². The summed E-state index contributed by atoms with van der Waals surface area (Å²) in [4.78, 5) is 23.3. The fourth-order valence-corrected chi connectivity index (χ4v) is 3.41. The minimum Gasteiger partial charge on any atom is -0.467 e. The van der Waals surface area contributed by atoms with E-state index in [1.54, 1.807) is 6.07 Å². The molecular weight excluding hydrogens is 396 g/mol. The van der Waals surface area contributed by atoms with E-state index in [0.717, 1.165) is 35.4 Å². The zero-order valence-corrected chi connectivity index (χ0v) is 16.6. The van der Waals surface area contributed by atoms with Gasteiger partial charge in [0, 0.05) is 35.0 Å². The van der Waals surface area contributed by atoms with Gasteiger partial charge in [-0.1, -0.05) is 28.9 Å². The van der Waals surface area contributed by atoms with Crippen LogP contribution in [-0.4, -0.2) is 35.6 Å². The molecule has 0 aliphatic carbocycles. The van der Waals surface area contributed by atoms with Crippen molar-refractivity contribution in [1.29, 1.82) is 0 Å². The Morgan fingerprint density at radius 3 is 3.00 bits per heavy atom. The summed E-state index contributed by atoms with van der Waals surface area (Å²) in [5.41, 5.74) is 1.55. The molecule has 138 valence electrons. The number of aromatic nitrogens is 2. The van der Waals surface area contributed by atoms with Crippen LogP contribution in [0.5, 0.6) is 5.88 Å². The molecule has 1 unspecified atom stereocenters. The van der Waals surface area contributed by atoms with Crippen molar-refractivity contribution in [2.45, 2.75) is 26.7 Å². The molecule has 2 heterocycles. The van der Waals surface area contributed by atoms with Gasteiger partial charge < -0.3 is 15.0 Å². The molecule has 0 saturated carbocycles. The minimum atomic E-state index is -0.229. The Hall–Kier alpha value is -2.15. The number of hydrogen-bond donors (Lipinski definition) is 1. The van der Waals surface area contributed by atoms with Gasteiger partial charge in [-0.3, -0.25) is 4.79 Å². The molecule has 1 aromatic heterocycles. The first-order valence-electron chi connectivity index (χ1n) is 8.78. The van der Waals surface area contributed by atoms with E-state index in [0.29, 0.717) is 17.7 Å². The predicted molar refractivity (Wildman–Crippen MR) is 106 cm³/mol. The monoisotopic (exact) mass is 418 g/mol. The number of halogens is 1. The third kappa shape index (κ3) is 5.17. The van der Waals surface area contributed by atoms with Crippen molar-refractivity contribution in [3.05, 3.63) is 40.5 Å². The molecule has 0 bridgehead atoms. The number of carbonyl (C=O) groups is 1. The summed E-state index contributed by atoms with van der Waals surface area (Å²) in [5, 5.41) is 2.80. The number of hydrogen-bond acceptors (Lipinski definition) is 5. The summed E-state index contributed by atoms with van der Waals surface area (Å²) in [6.07, 6.45) is 2.38. The second-order valence-corrected chi connectivity index (χ2v) is 7.60. The summed E-state index contributed by atoms with van der Waals surface area (Å²) in [5.74, 6) is 1.51. The second kappa shape index (κ2) is 8.49. The highest BCUT2D eigenvalue weighted by atomic mass is 79.9. The van der Waals surface area contributed by atoms with Crippen LogP contribution in [0.15, 0.2) is 34.8 Å². The number of aryl methyl sites for hydroxylation is 1. The number of carbonyl (C=O) groups excluding carboxylic acids is 1. The van der Waals surface area contributed by atoms with Crippen molar-refractivity contribution >= 4 is 33.5 Å². The molecule has 1 aliphatic heterocycles. The fourth-order valence-electron chi connectivity index (χ4n) is 3.01. The third-order valence-corrected chi connectivity index (χ3v) is 4.71. The largest absolute Gasteiger partial charge is 0.467 e. The fraction of sp³-hybridized carbons (Fsp3) is 0.421. The summed E-state index contributed by atoms with van der Waals surface area (Å²) in [7, 11) is 0. The van der Waals surface area contributed by atoms with Crippen molar-refractivity contribution < 1.29 is 9.53 Å². The highest BCUT2D eigenvalue weighted by molar-refractivity contribution is 9.10. The van der Waals surface area contributed by atoms with Crippen molar-refractivity contribution in [2.24, 2.45) is 5.92 Å². The third-order valence-electron chi connectivity index (χ3n) is 4.22. The molecule has 26 heavy (non-hydrogen) atoms. The number of benzene rings is 1. The van der Waals surface area contributed by atoms with Gasteiger partial charge in [0.15, 0.2) is 6.61 Å². The highest BCUT2D eigenvalue weighted by Gasteiger charge is 2.19. The Labute approximate surface area is 162 Å². The number of ether oxygens (including phenoxy) is 1. The normalized spacial score (nSPS) is 17.0. The van der Waals surface area contributed by atoms with Crippen molar-refractivity contribution in [2.75, 3.05) is 29.9 Å². The average Bonchev–Trinajstić information content (AvgIpc) is 2.59. The van der Waals surface area contributed by atoms with Gasteiger partial charge in [0.25, 0.3) is 5.91 Å². The van der Waals surface area contributed by atoms with Gasteiger partial charge in [0.1, 0.15) is 0 Å². The van der Waals surface area contributed by atoms with Crippen LogP contribution < -0.4 is 15.0 Å². The van der Waals surface area contributed by atoms with Crippen LogP contribution in [0.25, 0.3) is 0 Å². The van der Waals surface area contributed by atoms with Crippen LogP contribution in [-0.2, 0) is 4.79 Å². The maximum atomic E-state index is 12.1. The molecule has 3 rings (SSSR count). The van der Waals surface area contributed by atoms with Crippen LogP contribution in [0, 0.1) is 12.8 Å². The van der Waals surface area contributed by atoms with Gasteiger partial charge in [-0.2, -0.15) is 4.98 Å². The Morgan fingerprint density at radius 1 is 1.38 bits per heavy atom. The van der Waals surface area contributed by atoms with E-state index < -0.39 is 0 Å². The second-order valence-electron chi connectivity index (χ2n) is 6.69. The lowest BCUT2D eigenvalue weighted by Gasteiger charge is -2.31. The SMILES string of the molecule is Cc1cc(OCC(=O)Nc2cccc(Br)c2)nc(N2CCCC(C)C2)n1. The van der Waals surface area contributed by atoms with E-state index in [1.165, 1.54) is 6.42 Å². The molecule has 6 nitrogen and oxygen atoms in total. The van der Waals surface area contributed by atoms with E-state index >= 15 is 0 Å². The highest BCUT2D eigenvalue weighted by Crippen LogP contribution is 2.22. The molecule has 1 amide bonds. The topological polar surface area (TPSA) is 67.3 Å². The maximum Gasteiger partial charge on any atom is 0.262 e. The van der Waals surface area contributed by atoms with Crippen LogP contribution >= 0.6 is 15.9 Å². The Morgan fingerprint density at radius 2 is 2.23 bits per heavy atom. The standard InChI is InChI=1S/C19H23BrN4O2/c1-13-5-4-8-24(11-13)19-21-14(2)9-18(23-19)26-12-17(25)22-16-7-3-6-15(20)10-16/h3,6-7,9-10,13H,4-5,8,11-12H2,1-2H3,(H,22,25). The van der Waals surface area contributed by atoms with Crippen LogP contribution in [0.3, 0.4) is 0 Å². The van der Waals surface area contributed by atoms with Crippen LogP contribution in [0.2, 0.25) is 0 Å². The van der Waals surface area contributed by atoms with Gasteiger partial charge in [-0.15, -0.1) is 0 Å². The Kier molecular flexibility index (Phi) is 6.08. The van der Waals surface area contributed by atoms with Gasteiger partial charge in [-0.05, 0) is 43.9 Å². The Bertz CT molecular complexity index is 784. The number of piperidine rings is 1. The van der Waals surface area contributed by atoms with Gasteiger partial charge >= 0.3 is 0 Å². The lowest BCUT2D eigenvalue weighted by Crippen LogP contribution is -2.35. The quantitative estimate of drug-likeness (QED) is 0.799. The van der Waals surface area contributed by atoms with Crippen LogP contribution in [0.1, 0.15) is 25.5 Å². The molecule has 1 aliphatic rings. The van der Waals surface area contributed by atoms with Gasteiger partial charge in [-0.25, -0.2) is 4.98 Å². The van der Waals surface area contributed by atoms with E-state index in [-0.39, 0.29) is 12.5 Å². The van der Waals surface area contributed by atoms with Crippen molar-refractivity contribution in [3.63, 3.8) is 0 Å². The van der Waals surface area contributed by atoms with E-state index in [4.69, 9.17) is 4.74 Å². The number of rotatable bonds is 5. The molecule has 0 radical (unpaired) electrons. The molecule has 7 heteroatoms. The number of amides is 1. The molecular formula is C19H23BrN4O2. The average molecular weight is 419 g/mol. The summed E-state index contributed by atoms with van der Waals surface area (Å²) >= 11 is 3.38. The lowest BCUT2D eigenvalue weighted by molar-refractivity contribution is -0.118. The predicted octanol–water partition coefficient (Wildman–Crippen LogP) is 3.80. The smallest absolute Gasteiger partial charge is 0.262 e. The summed E-state index contributed by atoms with van der Waals surface area (Å²) in [6, 6.07) is 9.18. The molecule has 1 N–H and O–H groups in total. The molecule has 1 aromatic carbocycles. The van der Waals surface area contributed by atoms with Gasteiger partial charge in [0.2, 0.25) is 11.8 Å². The molecule has 0 spiro atoms. The Balaban J connectivity index is 1.61. The first-order valence-corrected chi connectivity index (χ1v) is 9.58. The molecule has 1 atom stereocenters. The van der Waals surface area contributed by atoms with E-state index in [2.05, 4.69) is 43.0 Å². The summed E-state index contributed by atoms with van der Waals surface area (Å²) in [6.45, 7) is 5.96. The van der Waals surface area contributed by atoms with E-state index in [9.17, 15) is 4.79 Å². The lowest BCUT2D eigenvalue weighted by atomic mass is 10.0. The number of nitrogens with one attached hydrogen (secondary N) is 1. The molecule has 1 saturated heterocycles. The van der Waals surface area contributed by atoms with Crippen molar-refractivity contribution in [3.8, 4) is 5.88 Å². The molecule has 1 fully saturated rings. The van der Waals surface area contributed by atoms with Gasteiger partial charge in [0.05, 0.1) is 0 Å². The number of anilines is 2.